The van der Waals surface area contributed by atoms with Crippen LogP contribution < -0.4 is 5.32 Å². The fourth-order valence-electron chi connectivity index (χ4n) is 3.54. The van der Waals surface area contributed by atoms with Crippen molar-refractivity contribution < 1.29 is 0 Å². The van der Waals surface area contributed by atoms with Gasteiger partial charge in [-0.2, -0.15) is 0 Å². The van der Waals surface area contributed by atoms with E-state index in [-0.39, 0.29) is 0 Å². The zero-order valence-electron chi connectivity index (χ0n) is 13.2. The summed E-state index contributed by atoms with van der Waals surface area (Å²) in [5.41, 5.74) is 4.05. The Morgan fingerprint density at radius 1 is 1.16 bits per heavy atom. The van der Waals surface area contributed by atoms with Crippen LogP contribution in [0.15, 0.2) is 18.2 Å². The van der Waals surface area contributed by atoms with Crippen LogP contribution in [0.1, 0.15) is 51.2 Å². The molecule has 0 spiro atoms. The molecule has 3 unspecified atom stereocenters. The van der Waals surface area contributed by atoms with Crippen LogP contribution in [0.25, 0.3) is 0 Å². The second-order valence-electron chi connectivity index (χ2n) is 6.90. The third-order valence-corrected chi connectivity index (χ3v) is 4.75. The second-order valence-corrected chi connectivity index (χ2v) is 6.90. The van der Waals surface area contributed by atoms with E-state index in [0.29, 0.717) is 6.04 Å². The van der Waals surface area contributed by atoms with Gasteiger partial charge in [0.15, 0.2) is 0 Å². The van der Waals surface area contributed by atoms with E-state index in [9.17, 15) is 0 Å². The average molecular weight is 259 g/mol. The lowest BCUT2D eigenvalue weighted by Gasteiger charge is -2.38. The SMILES string of the molecule is Cc1ccc(NC2CC(C)CCC2C(C)C)c(C)c1. The van der Waals surface area contributed by atoms with E-state index in [1.165, 1.54) is 36.1 Å². The lowest BCUT2D eigenvalue weighted by Crippen LogP contribution is -2.38. The maximum Gasteiger partial charge on any atom is 0.0372 e. The predicted octanol–water partition coefficient (Wildman–Crippen LogP) is 5.18. The molecular weight excluding hydrogens is 230 g/mol. The molecule has 1 nitrogen and oxygen atoms in total. The molecule has 106 valence electrons. The summed E-state index contributed by atoms with van der Waals surface area (Å²) < 4.78 is 0. The van der Waals surface area contributed by atoms with Crippen LogP contribution in [0.3, 0.4) is 0 Å². The van der Waals surface area contributed by atoms with E-state index in [0.717, 1.165) is 17.8 Å². The monoisotopic (exact) mass is 259 g/mol. The lowest BCUT2D eigenvalue weighted by molar-refractivity contribution is 0.212. The zero-order valence-corrected chi connectivity index (χ0v) is 13.2. The summed E-state index contributed by atoms with van der Waals surface area (Å²) in [6, 6.07) is 7.39. The largest absolute Gasteiger partial charge is 0.382 e. The smallest absolute Gasteiger partial charge is 0.0372 e. The van der Waals surface area contributed by atoms with Crippen LogP contribution in [0.2, 0.25) is 0 Å². The minimum Gasteiger partial charge on any atom is -0.382 e. The van der Waals surface area contributed by atoms with Gasteiger partial charge in [0.1, 0.15) is 0 Å². The Balaban J connectivity index is 2.14. The first-order valence-electron chi connectivity index (χ1n) is 7.81. The van der Waals surface area contributed by atoms with Gasteiger partial charge in [-0.25, -0.2) is 0 Å². The van der Waals surface area contributed by atoms with Gasteiger partial charge in [-0.3, -0.25) is 0 Å². The van der Waals surface area contributed by atoms with Gasteiger partial charge in [0.2, 0.25) is 0 Å². The first-order valence-corrected chi connectivity index (χ1v) is 7.81. The van der Waals surface area contributed by atoms with Crippen molar-refractivity contribution in [3.05, 3.63) is 29.3 Å². The van der Waals surface area contributed by atoms with Crippen LogP contribution in [0.5, 0.6) is 0 Å². The van der Waals surface area contributed by atoms with Gasteiger partial charge in [0, 0.05) is 11.7 Å². The Morgan fingerprint density at radius 2 is 1.89 bits per heavy atom. The Morgan fingerprint density at radius 3 is 2.53 bits per heavy atom. The van der Waals surface area contributed by atoms with Crippen molar-refractivity contribution in [1.82, 2.24) is 0 Å². The summed E-state index contributed by atoms with van der Waals surface area (Å²) in [7, 11) is 0. The van der Waals surface area contributed by atoms with Crippen molar-refractivity contribution in [3.63, 3.8) is 0 Å². The normalized spacial score (nSPS) is 27.6. The molecule has 1 N–H and O–H groups in total. The van der Waals surface area contributed by atoms with Gasteiger partial charge in [0.25, 0.3) is 0 Å². The van der Waals surface area contributed by atoms with Crippen LogP contribution in [0.4, 0.5) is 5.69 Å². The molecule has 0 bridgehead atoms. The average Bonchev–Trinajstić information content (AvgIpc) is 2.32. The third-order valence-electron chi connectivity index (χ3n) is 4.75. The Kier molecular flexibility index (Phi) is 4.54. The standard InChI is InChI=1S/C18H29N/c1-12(2)16-8-6-14(4)11-18(16)19-17-9-7-13(3)10-15(17)5/h7,9-10,12,14,16,18-19H,6,8,11H2,1-5H3. The highest BCUT2D eigenvalue weighted by Crippen LogP contribution is 2.35. The number of hydrogen-bond acceptors (Lipinski definition) is 1. The van der Waals surface area contributed by atoms with Gasteiger partial charge < -0.3 is 5.32 Å². The first-order chi connectivity index (χ1) is 8.97. The minimum absolute atomic E-state index is 0.644. The first kappa shape index (κ1) is 14.4. The summed E-state index contributed by atoms with van der Waals surface area (Å²) in [4.78, 5) is 0. The Bertz CT molecular complexity index is 422. The minimum atomic E-state index is 0.644. The highest BCUT2D eigenvalue weighted by molar-refractivity contribution is 5.52. The van der Waals surface area contributed by atoms with Crippen molar-refractivity contribution in [1.29, 1.82) is 0 Å². The lowest BCUT2D eigenvalue weighted by atomic mass is 9.74. The van der Waals surface area contributed by atoms with E-state index in [1.54, 1.807) is 0 Å². The maximum absolute atomic E-state index is 3.84. The molecule has 19 heavy (non-hydrogen) atoms. The zero-order chi connectivity index (χ0) is 14.0. The van der Waals surface area contributed by atoms with Gasteiger partial charge in [-0.1, -0.05) is 44.9 Å². The molecule has 1 aromatic carbocycles. The number of rotatable bonds is 3. The van der Waals surface area contributed by atoms with E-state index in [1.807, 2.05) is 0 Å². The van der Waals surface area contributed by atoms with Gasteiger partial charge in [-0.15, -0.1) is 0 Å². The van der Waals surface area contributed by atoms with Crippen LogP contribution in [-0.2, 0) is 0 Å². The molecule has 0 amide bonds. The molecule has 0 heterocycles. The van der Waals surface area contributed by atoms with Crippen molar-refractivity contribution in [2.45, 2.75) is 59.9 Å². The molecule has 1 fully saturated rings. The van der Waals surface area contributed by atoms with Gasteiger partial charge in [-0.05, 0) is 56.1 Å². The summed E-state index contributed by atoms with van der Waals surface area (Å²) in [6.45, 7) is 11.5. The van der Waals surface area contributed by atoms with E-state index < -0.39 is 0 Å². The number of hydrogen-bond donors (Lipinski definition) is 1. The Labute approximate surface area is 118 Å². The fourth-order valence-corrected chi connectivity index (χ4v) is 3.54. The van der Waals surface area contributed by atoms with Crippen molar-refractivity contribution >= 4 is 5.69 Å². The molecule has 0 aromatic heterocycles. The maximum atomic E-state index is 3.84. The number of aryl methyl sites for hydroxylation is 2. The van der Waals surface area contributed by atoms with E-state index in [2.05, 4.69) is 58.1 Å². The molecule has 0 aliphatic heterocycles. The van der Waals surface area contributed by atoms with Crippen molar-refractivity contribution in [2.24, 2.45) is 17.8 Å². The molecule has 2 rings (SSSR count). The summed E-state index contributed by atoms with van der Waals surface area (Å²) in [6.07, 6.45) is 4.09. The molecule has 3 atom stereocenters. The van der Waals surface area contributed by atoms with Crippen molar-refractivity contribution in [2.75, 3.05) is 5.32 Å². The van der Waals surface area contributed by atoms with E-state index in [4.69, 9.17) is 0 Å². The highest BCUT2D eigenvalue weighted by Gasteiger charge is 2.30. The molecule has 1 aliphatic carbocycles. The Hall–Kier alpha value is -0.980. The quantitative estimate of drug-likeness (QED) is 0.789. The van der Waals surface area contributed by atoms with Gasteiger partial charge >= 0.3 is 0 Å². The van der Waals surface area contributed by atoms with Gasteiger partial charge in [0.05, 0.1) is 0 Å². The van der Waals surface area contributed by atoms with Crippen molar-refractivity contribution in [3.8, 4) is 0 Å². The molecular formula is C18H29N. The molecule has 1 aromatic rings. The van der Waals surface area contributed by atoms with Crippen LogP contribution in [0, 0.1) is 31.6 Å². The number of benzene rings is 1. The van der Waals surface area contributed by atoms with E-state index >= 15 is 0 Å². The topological polar surface area (TPSA) is 12.0 Å². The molecule has 1 aliphatic rings. The molecule has 1 heteroatoms. The summed E-state index contributed by atoms with van der Waals surface area (Å²) in [5, 5.41) is 3.84. The fraction of sp³-hybridized carbons (Fsp3) is 0.667. The van der Waals surface area contributed by atoms with Crippen LogP contribution in [-0.4, -0.2) is 6.04 Å². The summed E-state index contributed by atoms with van der Waals surface area (Å²) >= 11 is 0. The highest BCUT2D eigenvalue weighted by atomic mass is 14.9. The predicted molar refractivity (Wildman–Crippen MR) is 84.7 cm³/mol. The van der Waals surface area contributed by atoms with Crippen LogP contribution >= 0.6 is 0 Å². The molecule has 0 radical (unpaired) electrons. The molecule has 0 saturated heterocycles. The number of nitrogens with one attached hydrogen (secondary N) is 1. The number of anilines is 1. The summed E-state index contributed by atoms with van der Waals surface area (Å²) in [5.74, 6) is 2.45. The molecule has 1 saturated carbocycles. The second kappa shape index (κ2) is 5.98. The third kappa shape index (κ3) is 3.52.